The third-order valence-corrected chi connectivity index (χ3v) is 5.35. The Labute approximate surface area is 167 Å². The molecule has 29 heavy (non-hydrogen) atoms. The molecule has 9 heteroatoms. The summed E-state index contributed by atoms with van der Waals surface area (Å²) in [4.78, 5) is 40.7. The normalized spacial score (nSPS) is 22.0. The summed E-state index contributed by atoms with van der Waals surface area (Å²) >= 11 is 0. The van der Waals surface area contributed by atoms with E-state index in [4.69, 9.17) is 0 Å². The van der Waals surface area contributed by atoms with E-state index >= 15 is 0 Å². The van der Waals surface area contributed by atoms with Gasteiger partial charge in [0.05, 0.1) is 23.9 Å². The fourth-order valence-corrected chi connectivity index (χ4v) is 3.82. The lowest BCUT2D eigenvalue weighted by atomic mass is 10.1. The van der Waals surface area contributed by atoms with Crippen LogP contribution in [0.15, 0.2) is 36.7 Å². The van der Waals surface area contributed by atoms with Gasteiger partial charge in [0.1, 0.15) is 0 Å². The first-order valence-electron chi connectivity index (χ1n) is 9.68. The van der Waals surface area contributed by atoms with Gasteiger partial charge in [-0.15, -0.1) is 0 Å². The van der Waals surface area contributed by atoms with Crippen molar-refractivity contribution in [2.75, 3.05) is 29.9 Å². The van der Waals surface area contributed by atoms with Gasteiger partial charge in [0.2, 0.25) is 11.8 Å². The number of aromatic amines is 1. The summed E-state index contributed by atoms with van der Waals surface area (Å²) in [6, 6.07) is 6.75. The molecule has 2 aromatic rings. The van der Waals surface area contributed by atoms with E-state index in [2.05, 4.69) is 15.5 Å². The first kappa shape index (κ1) is 19.1. The zero-order valence-corrected chi connectivity index (χ0v) is 15.9. The van der Waals surface area contributed by atoms with Crippen LogP contribution in [0.25, 0.3) is 0 Å². The minimum absolute atomic E-state index is 0.126. The molecule has 2 aliphatic rings. The number of hydrogen-bond donors (Lipinski definition) is 3. The highest BCUT2D eigenvalue weighted by Crippen LogP contribution is 2.25. The number of H-pyrrole nitrogens is 1. The van der Waals surface area contributed by atoms with E-state index in [0.29, 0.717) is 36.4 Å². The summed E-state index contributed by atoms with van der Waals surface area (Å²) in [6.45, 7) is 1.22. The van der Waals surface area contributed by atoms with Gasteiger partial charge in [0, 0.05) is 43.5 Å². The molecule has 2 atom stereocenters. The van der Waals surface area contributed by atoms with E-state index in [9.17, 15) is 19.5 Å². The number of aliphatic hydroxyl groups excluding tert-OH is 1. The van der Waals surface area contributed by atoms with Crippen LogP contribution in [0.5, 0.6) is 0 Å². The average molecular weight is 397 g/mol. The molecule has 1 aromatic carbocycles. The van der Waals surface area contributed by atoms with Crippen LogP contribution in [0.4, 0.5) is 11.4 Å². The highest BCUT2D eigenvalue weighted by atomic mass is 16.3. The Morgan fingerprint density at radius 2 is 2.14 bits per heavy atom. The van der Waals surface area contributed by atoms with Gasteiger partial charge < -0.3 is 20.2 Å². The number of β-amino-alcohol motifs (C(OH)–C–C–N with tert-alkyl or cyclic N) is 1. The second-order valence-electron chi connectivity index (χ2n) is 7.48. The second kappa shape index (κ2) is 8.04. The molecule has 2 unspecified atom stereocenters. The van der Waals surface area contributed by atoms with Crippen molar-refractivity contribution in [2.45, 2.75) is 25.4 Å². The van der Waals surface area contributed by atoms with Crippen LogP contribution in [0.3, 0.4) is 0 Å². The van der Waals surface area contributed by atoms with Crippen LogP contribution < -0.4 is 10.2 Å². The fraction of sp³-hybridized carbons (Fsp3) is 0.400. The number of aliphatic hydroxyl groups is 1. The Bertz CT molecular complexity index is 913. The summed E-state index contributed by atoms with van der Waals surface area (Å²) in [7, 11) is 0. The van der Waals surface area contributed by atoms with Crippen LogP contribution in [0.1, 0.15) is 29.6 Å². The van der Waals surface area contributed by atoms with E-state index in [1.165, 1.54) is 4.90 Å². The summed E-state index contributed by atoms with van der Waals surface area (Å²) in [5, 5.41) is 19.1. The molecule has 0 bridgehead atoms. The molecule has 3 N–H and O–H groups in total. The van der Waals surface area contributed by atoms with Crippen LogP contribution >= 0.6 is 0 Å². The van der Waals surface area contributed by atoms with Crippen molar-refractivity contribution in [1.82, 2.24) is 15.1 Å². The Kier molecular flexibility index (Phi) is 5.30. The van der Waals surface area contributed by atoms with Crippen LogP contribution in [0.2, 0.25) is 0 Å². The average Bonchev–Trinajstić information content (AvgIpc) is 3.37. The zero-order chi connectivity index (χ0) is 20.4. The Morgan fingerprint density at radius 1 is 1.28 bits per heavy atom. The maximum absolute atomic E-state index is 12.7. The standard InChI is InChI=1S/C20H23N5O4/c26-17-5-2-6-24(12-17)20(29)13-3-1-4-15(7-13)23-19(28)14-8-18(27)25(11-14)16-9-21-22-10-16/h1,3-4,7,9-10,14,17,26H,2,5-6,8,11-12H2,(H,21,22)(H,23,28). The molecule has 1 aromatic heterocycles. The quantitative estimate of drug-likeness (QED) is 0.711. The highest BCUT2D eigenvalue weighted by molar-refractivity contribution is 6.04. The number of rotatable bonds is 4. The van der Waals surface area contributed by atoms with Gasteiger partial charge in [-0.25, -0.2) is 0 Å². The number of anilines is 2. The Morgan fingerprint density at radius 3 is 2.90 bits per heavy atom. The number of hydrogen-bond acceptors (Lipinski definition) is 5. The van der Waals surface area contributed by atoms with Crippen LogP contribution in [0, 0.1) is 5.92 Å². The molecule has 2 saturated heterocycles. The van der Waals surface area contributed by atoms with Crippen molar-refractivity contribution in [3.8, 4) is 0 Å². The lowest BCUT2D eigenvalue weighted by molar-refractivity contribution is -0.122. The molecular weight excluding hydrogens is 374 g/mol. The molecule has 0 saturated carbocycles. The van der Waals surface area contributed by atoms with Gasteiger partial charge >= 0.3 is 0 Å². The maximum Gasteiger partial charge on any atom is 0.254 e. The van der Waals surface area contributed by atoms with E-state index in [0.717, 1.165) is 6.42 Å². The molecule has 2 aliphatic heterocycles. The molecule has 0 aliphatic carbocycles. The van der Waals surface area contributed by atoms with Crippen LogP contribution in [-0.2, 0) is 9.59 Å². The molecule has 4 rings (SSSR count). The van der Waals surface area contributed by atoms with Gasteiger partial charge in [-0.3, -0.25) is 19.5 Å². The van der Waals surface area contributed by atoms with E-state index < -0.39 is 12.0 Å². The summed E-state index contributed by atoms with van der Waals surface area (Å²) in [5.41, 5.74) is 1.61. The van der Waals surface area contributed by atoms with Crippen molar-refractivity contribution >= 4 is 29.1 Å². The molecule has 3 heterocycles. The second-order valence-corrected chi connectivity index (χ2v) is 7.48. The smallest absolute Gasteiger partial charge is 0.254 e. The minimum atomic E-state index is -0.492. The maximum atomic E-state index is 12.7. The SMILES string of the molecule is O=C(Nc1cccc(C(=O)N2CCCC(O)C2)c1)C1CC(=O)N(c2cn[nH]c2)C1. The number of carbonyl (C=O) groups excluding carboxylic acids is 3. The number of aromatic nitrogens is 2. The number of amides is 3. The number of nitrogens with zero attached hydrogens (tertiary/aromatic N) is 3. The molecular formula is C20H23N5O4. The Hall–Kier alpha value is -3.20. The van der Waals surface area contributed by atoms with Crippen molar-refractivity contribution < 1.29 is 19.5 Å². The van der Waals surface area contributed by atoms with Crippen molar-refractivity contribution in [2.24, 2.45) is 5.92 Å². The van der Waals surface area contributed by atoms with Gasteiger partial charge in [0.25, 0.3) is 5.91 Å². The number of benzene rings is 1. The van der Waals surface area contributed by atoms with E-state index in [1.54, 1.807) is 41.6 Å². The Balaban J connectivity index is 1.41. The van der Waals surface area contributed by atoms with E-state index in [-0.39, 0.29) is 30.7 Å². The number of nitrogens with one attached hydrogen (secondary N) is 2. The van der Waals surface area contributed by atoms with E-state index in [1.807, 2.05) is 0 Å². The topological polar surface area (TPSA) is 119 Å². The molecule has 0 spiro atoms. The van der Waals surface area contributed by atoms with Gasteiger partial charge in [-0.05, 0) is 31.0 Å². The summed E-state index contributed by atoms with van der Waals surface area (Å²) in [5.74, 6) is -1.03. The first-order valence-corrected chi connectivity index (χ1v) is 9.68. The van der Waals surface area contributed by atoms with Gasteiger partial charge in [-0.1, -0.05) is 6.07 Å². The van der Waals surface area contributed by atoms with Crippen LogP contribution in [-0.4, -0.2) is 63.7 Å². The predicted molar refractivity (Wildman–Crippen MR) is 105 cm³/mol. The molecule has 3 amide bonds. The molecule has 9 nitrogen and oxygen atoms in total. The fourth-order valence-electron chi connectivity index (χ4n) is 3.82. The monoisotopic (exact) mass is 397 g/mol. The predicted octanol–water partition coefficient (Wildman–Crippen LogP) is 0.998. The first-order chi connectivity index (χ1) is 14.0. The number of carbonyl (C=O) groups is 3. The number of piperidine rings is 1. The lowest BCUT2D eigenvalue weighted by Gasteiger charge is -2.30. The van der Waals surface area contributed by atoms with Crippen molar-refractivity contribution in [1.29, 1.82) is 0 Å². The minimum Gasteiger partial charge on any atom is -0.391 e. The molecule has 152 valence electrons. The van der Waals surface area contributed by atoms with Gasteiger partial charge in [-0.2, -0.15) is 5.10 Å². The van der Waals surface area contributed by atoms with Gasteiger partial charge in [0.15, 0.2) is 0 Å². The zero-order valence-electron chi connectivity index (χ0n) is 15.9. The van der Waals surface area contributed by atoms with Crippen molar-refractivity contribution in [3.05, 3.63) is 42.2 Å². The van der Waals surface area contributed by atoms with Crippen molar-refractivity contribution in [3.63, 3.8) is 0 Å². The highest BCUT2D eigenvalue weighted by Gasteiger charge is 2.35. The molecule has 2 fully saturated rings. The number of likely N-dealkylation sites (tertiary alicyclic amines) is 1. The third-order valence-electron chi connectivity index (χ3n) is 5.35. The summed E-state index contributed by atoms with van der Waals surface area (Å²) < 4.78 is 0. The summed E-state index contributed by atoms with van der Waals surface area (Å²) in [6.07, 6.45) is 4.27. The molecule has 0 radical (unpaired) electrons. The largest absolute Gasteiger partial charge is 0.391 e. The third kappa shape index (κ3) is 4.14. The lowest BCUT2D eigenvalue weighted by Crippen LogP contribution is -2.42.